The molecule has 0 unspecified atom stereocenters. The van der Waals surface area contributed by atoms with Crippen molar-refractivity contribution in [2.24, 2.45) is 0 Å². The lowest BCUT2D eigenvalue weighted by Crippen LogP contribution is -2.45. The van der Waals surface area contributed by atoms with Gasteiger partial charge in [-0.05, 0) is 68.9 Å². The maximum Gasteiger partial charge on any atom is 0.267 e. The smallest absolute Gasteiger partial charge is 0.267 e. The third-order valence-corrected chi connectivity index (χ3v) is 8.04. The molecule has 1 amide bonds. The first kappa shape index (κ1) is 23.3. The van der Waals surface area contributed by atoms with E-state index in [4.69, 9.17) is 9.72 Å². The van der Waals surface area contributed by atoms with Crippen LogP contribution >= 0.6 is 23.1 Å². The Morgan fingerprint density at radius 1 is 1.33 bits per heavy atom. The third-order valence-electron chi connectivity index (χ3n) is 6.06. The van der Waals surface area contributed by atoms with Crippen molar-refractivity contribution in [3.8, 4) is 17.5 Å². The van der Waals surface area contributed by atoms with E-state index in [-0.39, 0.29) is 17.2 Å². The lowest BCUT2D eigenvalue weighted by molar-refractivity contribution is -0.119. The Morgan fingerprint density at radius 2 is 2.03 bits per heavy atom. The number of aryl methyl sites for hydroxylation is 2. The zero-order valence-corrected chi connectivity index (χ0v) is 20.6. The van der Waals surface area contributed by atoms with Crippen molar-refractivity contribution >= 4 is 39.2 Å². The van der Waals surface area contributed by atoms with Crippen molar-refractivity contribution in [2.75, 3.05) is 12.9 Å². The summed E-state index contributed by atoms with van der Waals surface area (Å²) in [5.74, 6) is 0.534. The fraction of sp³-hybridized carbons (Fsp3) is 0.417. The van der Waals surface area contributed by atoms with Gasteiger partial charge in [-0.1, -0.05) is 18.7 Å². The van der Waals surface area contributed by atoms with E-state index >= 15 is 0 Å². The Kier molecular flexibility index (Phi) is 6.77. The molecule has 0 saturated heterocycles. The second-order valence-corrected chi connectivity index (χ2v) is 10.3. The fourth-order valence-corrected chi connectivity index (χ4v) is 6.32. The zero-order valence-electron chi connectivity index (χ0n) is 18.9. The van der Waals surface area contributed by atoms with Crippen LogP contribution in [-0.2, 0) is 11.2 Å². The average molecular weight is 483 g/mol. The second-order valence-electron chi connectivity index (χ2n) is 8.14. The van der Waals surface area contributed by atoms with Gasteiger partial charge in [0.1, 0.15) is 16.1 Å². The molecule has 1 aromatic carbocycles. The van der Waals surface area contributed by atoms with Crippen LogP contribution in [0.2, 0.25) is 0 Å². The van der Waals surface area contributed by atoms with Crippen LogP contribution in [0.25, 0.3) is 15.9 Å². The van der Waals surface area contributed by atoms with Crippen molar-refractivity contribution in [1.82, 2.24) is 14.9 Å². The van der Waals surface area contributed by atoms with Gasteiger partial charge in [0.15, 0.2) is 5.16 Å². The van der Waals surface area contributed by atoms with Crippen LogP contribution in [0.1, 0.15) is 43.0 Å². The molecule has 1 aliphatic rings. The number of thiophene rings is 1. The number of fused-ring (bicyclic) bond motifs is 1. The van der Waals surface area contributed by atoms with Crippen LogP contribution < -0.4 is 15.6 Å². The number of ether oxygens (including phenoxy) is 1. The lowest BCUT2D eigenvalue weighted by Gasteiger charge is -2.22. The number of hydrogen-bond donors (Lipinski definition) is 1. The molecule has 0 atom stereocenters. The standard InChI is InChI=1S/C24H26N4O3S2/c1-4-18-15(2)33-21-20(18)22(30)28(16-7-9-17(31-3)10-8-16)23(26-21)32-13-19(29)27-24(14-25)11-5-6-12-24/h7-10H,4-6,11-13H2,1-3H3,(H,27,29). The van der Waals surface area contributed by atoms with Crippen LogP contribution in [-0.4, -0.2) is 33.9 Å². The highest BCUT2D eigenvalue weighted by Gasteiger charge is 2.35. The molecule has 1 saturated carbocycles. The minimum Gasteiger partial charge on any atom is -0.497 e. The molecule has 1 N–H and O–H groups in total. The molecule has 2 aromatic heterocycles. The van der Waals surface area contributed by atoms with Gasteiger partial charge >= 0.3 is 0 Å². The lowest BCUT2D eigenvalue weighted by atomic mass is 10.0. The van der Waals surface area contributed by atoms with Crippen LogP contribution in [0.3, 0.4) is 0 Å². The van der Waals surface area contributed by atoms with Crippen molar-refractivity contribution in [2.45, 2.75) is 56.6 Å². The normalized spacial score (nSPS) is 14.8. The number of amides is 1. The van der Waals surface area contributed by atoms with E-state index in [2.05, 4.69) is 11.4 Å². The number of rotatable bonds is 7. The molecule has 3 aromatic rings. The number of nitrogens with one attached hydrogen (secondary N) is 1. The first-order chi connectivity index (χ1) is 15.9. The van der Waals surface area contributed by atoms with E-state index in [1.54, 1.807) is 23.8 Å². The Labute approximate surface area is 200 Å². The fourth-order valence-electron chi connectivity index (χ4n) is 4.36. The van der Waals surface area contributed by atoms with Gasteiger partial charge in [0.2, 0.25) is 5.91 Å². The highest BCUT2D eigenvalue weighted by Crippen LogP contribution is 2.32. The molecule has 33 heavy (non-hydrogen) atoms. The first-order valence-corrected chi connectivity index (χ1v) is 12.8. The molecular weight excluding hydrogens is 456 g/mol. The van der Waals surface area contributed by atoms with Crippen molar-refractivity contribution in [1.29, 1.82) is 5.26 Å². The summed E-state index contributed by atoms with van der Waals surface area (Å²) < 4.78 is 6.82. The van der Waals surface area contributed by atoms with E-state index in [0.717, 1.165) is 29.7 Å². The minimum absolute atomic E-state index is 0.0719. The summed E-state index contributed by atoms with van der Waals surface area (Å²) in [7, 11) is 1.59. The van der Waals surface area contributed by atoms with Crippen LogP contribution in [0.4, 0.5) is 0 Å². The number of nitrogens with zero attached hydrogens (tertiary/aromatic N) is 3. The molecule has 0 spiro atoms. The summed E-state index contributed by atoms with van der Waals surface area (Å²) in [6, 6.07) is 9.49. The molecule has 0 bridgehead atoms. The highest BCUT2D eigenvalue weighted by atomic mass is 32.2. The van der Waals surface area contributed by atoms with Gasteiger partial charge in [-0.3, -0.25) is 14.2 Å². The molecule has 0 aliphatic heterocycles. The number of carbonyl (C=O) groups is 1. The Morgan fingerprint density at radius 3 is 2.64 bits per heavy atom. The van der Waals surface area contributed by atoms with Gasteiger partial charge in [0.05, 0.1) is 30.0 Å². The quantitative estimate of drug-likeness (QED) is 0.397. The molecule has 0 radical (unpaired) electrons. The number of nitriles is 1. The first-order valence-electron chi connectivity index (χ1n) is 11.0. The molecule has 4 rings (SSSR count). The van der Waals surface area contributed by atoms with E-state index in [1.807, 2.05) is 26.0 Å². The Balaban J connectivity index is 1.72. The van der Waals surface area contributed by atoms with E-state index < -0.39 is 5.54 Å². The van der Waals surface area contributed by atoms with E-state index in [1.165, 1.54) is 23.1 Å². The summed E-state index contributed by atoms with van der Waals surface area (Å²) in [5.41, 5.74) is 0.763. The zero-order chi connectivity index (χ0) is 23.6. The molecular formula is C24H26N4O3S2. The molecule has 172 valence electrons. The van der Waals surface area contributed by atoms with Crippen LogP contribution in [0, 0.1) is 18.3 Å². The van der Waals surface area contributed by atoms with Gasteiger partial charge in [0, 0.05) is 4.88 Å². The van der Waals surface area contributed by atoms with Gasteiger partial charge in [-0.2, -0.15) is 5.26 Å². The average Bonchev–Trinajstić information content (AvgIpc) is 3.41. The summed E-state index contributed by atoms with van der Waals surface area (Å²) in [6.45, 7) is 4.04. The summed E-state index contributed by atoms with van der Waals surface area (Å²) in [4.78, 5) is 32.9. The number of thioether (sulfide) groups is 1. The number of carbonyl (C=O) groups excluding carboxylic acids is 1. The summed E-state index contributed by atoms with van der Waals surface area (Å²) in [5, 5.41) is 13.6. The molecule has 2 heterocycles. The Hall–Kier alpha value is -2.83. The summed E-state index contributed by atoms with van der Waals surface area (Å²) in [6.07, 6.45) is 3.97. The number of hydrogen-bond acceptors (Lipinski definition) is 7. The maximum absolute atomic E-state index is 13.7. The van der Waals surface area contributed by atoms with E-state index in [9.17, 15) is 14.9 Å². The van der Waals surface area contributed by atoms with E-state index in [0.29, 0.717) is 39.7 Å². The van der Waals surface area contributed by atoms with Gasteiger partial charge < -0.3 is 10.1 Å². The van der Waals surface area contributed by atoms with Gasteiger partial charge in [-0.15, -0.1) is 11.3 Å². The van der Waals surface area contributed by atoms with Gasteiger partial charge in [0.25, 0.3) is 5.56 Å². The predicted octanol–water partition coefficient (Wildman–Crippen LogP) is 4.37. The number of benzene rings is 1. The summed E-state index contributed by atoms with van der Waals surface area (Å²) >= 11 is 2.71. The predicted molar refractivity (Wildman–Crippen MR) is 132 cm³/mol. The van der Waals surface area contributed by atoms with Crippen molar-refractivity contribution < 1.29 is 9.53 Å². The highest BCUT2D eigenvalue weighted by molar-refractivity contribution is 7.99. The monoisotopic (exact) mass is 482 g/mol. The molecule has 1 fully saturated rings. The van der Waals surface area contributed by atoms with Crippen LogP contribution in [0.5, 0.6) is 5.75 Å². The van der Waals surface area contributed by atoms with Crippen molar-refractivity contribution in [3.05, 3.63) is 45.1 Å². The molecule has 9 heteroatoms. The third kappa shape index (κ3) is 4.50. The number of methoxy groups -OCH3 is 1. The molecule has 7 nitrogen and oxygen atoms in total. The largest absolute Gasteiger partial charge is 0.497 e. The second kappa shape index (κ2) is 9.57. The maximum atomic E-state index is 13.7. The topological polar surface area (TPSA) is 97.0 Å². The van der Waals surface area contributed by atoms with Crippen molar-refractivity contribution in [3.63, 3.8) is 0 Å². The molecule has 1 aliphatic carbocycles. The van der Waals surface area contributed by atoms with Gasteiger partial charge in [-0.25, -0.2) is 4.98 Å². The Bertz CT molecular complexity index is 1280. The minimum atomic E-state index is -0.772. The SMILES string of the molecule is CCc1c(C)sc2nc(SCC(=O)NC3(C#N)CCCC3)n(-c3ccc(OC)cc3)c(=O)c12. The van der Waals surface area contributed by atoms with Crippen LogP contribution in [0.15, 0.2) is 34.2 Å². The number of aromatic nitrogens is 2.